The van der Waals surface area contributed by atoms with Gasteiger partial charge in [0.1, 0.15) is 12.8 Å². The molecule has 2 N–H and O–H groups in total. The largest absolute Gasteiger partial charge is 0.368 e. The van der Waals surface area contributed by atoms with Gasteiger partial charge < -0.3 is 15.5 Å². The second-order valence-electron chi connectivity index (χ2n) is 2.66. The van der Waals surface area contributed by atoms with E-state index in [0.717, 1.165) is 0 Å². The number of nitrogens with zero attached hydrogens (tertiary/aromatic N) is 2. The summed E-state index contributed by atoms with van der Waals surface area (Å²) in [5.74, 6) is -0.407. The average Bonchev–Trinajstić information content (AvgIpc) is 2.11. The maximum atomic E-state index is 10.6. The van der Waals surface area contributed by atoms with E-state index in [1.807, 2.05) is 6.92 Å². The van der Waals surface area contributed by atoms with Crippen LogP contribution in [0.15, 0.2) is 12.8 Å². The quantitative estimate of drug-likeness (QED) is 0.460. The van der Waals surface area contributed by atoms with Crippen LogP contribution < -0.4 is 5.73 Å². The molecule has 0 saturated carbocycles. The van der Waals surface area contributed by atoms with Gasteiger partial charge in [0.2, 0.25) is 5.91 Å². The SMILES string of the molecule is C=CN(CC(N)=O)N(C)C(C)OC. The van der Waals surface area contributed by atoms with Gasteiger partial charge in [0.15, 0.2) is 0 Å². The molecular formula is C8H17N3O2. The van der Waals surface area contributed by atoms with E-state index in [0.29, 0.717) is 0 Å². The number of nitrogens with two attached hydrogens (primary N) is 1. The highest BCUT2D eigenvalue weighted by molar-refractivity contribution is 5.75. The fourth-order valence-electron chi connectivity index (χ4n) is 0.826. The Bertz CT molecular complexity index is 184. The van der Waals surface area contributed by atoms with Crippen molar-refractivity contribution in [2.75, 3.05) is 20.7 Å². The van der Waals surface area contributed by atoms with Crippen LogP contribution in [-0.4, -0.2) is 42.9 Å². The number of hydrogen-bond donors (Lipinski definition) is 1. The van der Waals surface area contributed by atoms with E-state index in [1.165, 1.54) is 6.20 Å². The third-order valence-corrected chi connectivity index (χ3v) is 1.80. The number of rotatable bonds is 6. The third-order valence-electron chi connectivity index (χ3n) is 1.80. The summed E-state index contributed by atoms with van der Waals surface area (Å²) >= 11 is 0. The van der Waals surface area contributed by atoms with Crippen LogP contribution in [0.4, 0.5) is 0 Å². The van der Waals surface area contributed by atoms with Crippen molar-refractivity contribution in [3.05, 3.63) is 12.8 Å². The lowest BCUT2D eigenvalue weighted by Gasteiger charge is -2.33. The van der Waals surface area contributed by atoms with Gasteiger partial charge in [-0.1, -0.05) is 6.58 Å². The van der Waals surface area contributed by atoms with E-state index in [-0.39, 0.29) is 12.8 Å². The van der Waals surface area contributed by atoms with Crippen molar-refractivity contribution in [2.45, 2.75) is 13.2 Å². The molecule has 0 spiro atoms. The molecule has 5 nitrogen and oxygen atoms in total. The minimum atomic E-state index is -0.407. The summed E-state index contributed by atoms with van der Waals surface area (Å²) in [6, 6.07) is 0. The first-order chi connectivity index (χ1) is 6.02. The Morgan fingerprint density at radius 1 is 1.77 bits per heavy atom. The van der Waals surface area contributed by atoms with Crippen LogP contribution in [0.5, 0.6) is 0 Å². The normalized spacial score (nSPS) is 12.6. The van der Waals surface area contributed by atoms with E-state index >= 15 is 0 Å². The van der Waals surface area contributed by atoms with Crippen molar-refractivity contribution >= 4 is 5.91 Å². The minimum absolute atomic E-state index is 0.105. The number of carbonyl (C=O) groups is 1. The molecule has 0 radical (unpaired) electrons. The van der Waals surface area contributed by atoms with Crippen LogP contribution in [0.25, 0.3) is 0 Å². The molecule has 0 rings (SSSR count). The predicted molar refractivity (Wildman–Crippen MR) is 50.3 cm³/mol. The molecule has 0 aliphatic carbocycles. The van der Waals surface area contributed by atoms with E-state index in [4.69, 9.17) is 10.5 Å². The Kier molecular flexibility index (Phi) is 5.10. The molecule has 0 aliphatic rings. The van der Waals surface area contributed by atoms with Gasteiger partial charge in [0, 0.05) is 20.4 Å². The molecule has 0 aromatic carbocycles. The molecule has 13 heavy (non-hydrogen) atoms. The Morgan fingerprint density at radius 2 is 2.31 bits per heavy atom. The first kappa shape index (κ1) is 11.9. The summed E-state index contributed by atoms with van der Waals surface area (Å²) in [6.07, 6.45) is 1.40. The maximum absolute atomic E-state index is 10.6. The molecule has 0 saturated heterocycles. The fourth-order valence-corrected chi connectivity index (χ4v) is 0.826. The lowest BCUT2D eigenvalue weighted by molar-refractivity contribution is -0.132. The van der Waals surface area contributed by atoms with Gasteiger partial charge >= 0.3 is 0 Å². The molecule has 1 atom stereocenters. The zero-order chi connectivity index (χ0) is 10.4. The number of hydrogen-bond acceptors (Lipinski definition) is 4. The Morgan fingerprint density at radius 3 is 2.62 bits per heavy atom. The zero-order valence-electron chi connectivity index (χ0n) is 8.36. The lowest BCUT2D eigenvalue weighted by atomic mass is 10.5. The van der Waals surface area contributed by atoms with Gasteiger partial charge in [0.25, 0.3) is 0 Å². The van der Waals surface area contributed by atoms with E-state index < -0.39 is 5.91 Å². The summed E-state index contributed by atoms with van der Waals surface area (Å²) in [4.78, 5) is 10.6. The zero-order valence-corrected chi connectivity index (χ0v) is 8.36. The molecule has 0 bridgehead atoms. The van der Waals surface area contributed by atoms with Crippen molar-refractivity contribution in [1.82, 2.24) is 10.0 Å². The van der Waals surface area contributed by atoms with Gasteiger partial charge in [-0.3, -0.25) is 4.79 Å². The average molecular weight is 187 g/mol. The number of amides is 1. The molecule has 1 unspecified atom stereocenters. The topological polar surface area (TPSA) is 58.8 Å². The summed E-state index contributed by atoms with van der Waals surface area (Å²) in [5, 5.41) is 3.33. The highest BCUT2D eigenvalue weighted by atomic mass is 16.5. The molecule has 0 heterocycles. The van der Waals surface area contributed by atoms with Crippen molar-refractivity contribution in [3.63, 3.8) is 0 Å². The van der Waals surface area contributed by atoms with Crippen molar-refractivity contribution in [2.24, 2.45) is 5.73 Å². The van der Waals surface area contributed by atoms with Crippen LogP contribution in [0.2, 0.25) is 0 Å². The number of ether oxygens (including phenoxy) is 1. The maximum Gasteiger partial charge on any atom is 0.238 e. The monoisotopic (exact) mass is 187 g/mol. The van der Waals surface area contributed by atoms with Gasteiger partial charge in [-0.15, -0.1) is 0 Å². The number of primary amides is 1. The highest BCUT2D eigenvalue weighted by Crippen LogP contribution is 2.01. The van der Waals surface area contributed by atoms with Crippen LogP contribution in [0.3, 0.4) is 0 Å². The lowest BCUT2D eigenvalue weighted by Crippen LogP contribution is -2.46. The molecule has 1 amide bonds. The molecule has 76 valence electrons. The minimum Gasteiger partial charge on any atom is -0.368 e. The van der Waals surface area contributed by atoms with Crippen molar-refractivity contribution in [3.8, 4) is 0 Å². The first-order valence-corrected chi connectivity index (χ1v) is 3.96. The summed E-state index contributed by atoms with van der Waals surface area (Å²) in [7, 11) is 3.38. The van der Waals surface area contributed by atoms with Crippen LogP contribution in [0, 0.1) is 0 Å². The second-order valence-corrected chi connectivity index (χ2v) is 2.66. The number of carbonyl (C=O) groups excluding carboxylic acids is 1. The van der Waals surface area contributed by atoms with Gasteiger partial charge in [-0.25, -0.2) is 0 Å². The Balaban J connectivity index is 4.21. The fraction of sp³-hybridized carbons (Fsp3) is 0.625. The summed E-state index contributed by atoms with van der Waals surface area (Å²) in [5.41, 5.74) is 5.05. The summed E-state index contributed by atoms with van der Waals surface area (Å²) in [6.45, 7) is 5.54. The third kappa shape index (κ3) is 3.91. The summed E-state index contributed by atoms with van der Waals surface area (Å²) < 4.78 is 5.06. The molecule has 0 aromatic rings. The molecular weight excluding hydrogens is 170 g/mol. The smallest absolute Gasteiger partial charge is 0.238 e. The number of hydrazine groups is 1. The molecule has 5 heteroatoms. The number of methoxy groups -OCH3 is 1. The molecule has 0 fully saturated rings. The van der Waals surface area contributed by atoms with Crippen LogP contribution in [-0.2, 0) is 9.53 Å². The van der Waals surface area contributed by atoms with E-state index in [2.05, 4.69) is 6.58 Å². The standard InChI is InChI=1S/C8H17N3O2/c1-5-11(6-8(9)12)10(3)7(2)13-4/h5,7H,1,6H2,2-4H3,(H2,9,12). The molecule has 0 aliphatic heterocycles. The highest BCUT2D eigenvalue weighted by Gasteiger charge is 2.14. The Hall–Kier alpha value is -1.07. The van der Waals surface area contributed by atoms with E-state index in [1.54, 1.807) is 24.2 Å². The Labute approximate surface area is 78.7 Å². The van der Waals surface area contributed by atoms with E-state index in [9.17, 15) is 4.79 Å². The van der Waals surface area contributed by atoms with Crippen LogP contribution in [0.1, 0.15) is 6.92 Å². The van der Waals surface area contributed by atoms with Crippen molar-refractivity contribution in [1.29, 1.82) is 0 Å². The van der Waals surface area contributed by atoms with Crippen LogP contribution >= 0.6 is 0 Å². The van der Waals surface area contributed by atoms with Gasteiger partial charge in [-0.2, -0.15) is 5.01 Å². The second kappa shape index (κ2) is 5.55. The predicted octanol–water partition coefficient (Wildman–Crippen LogP) is -0.244. The molecule has 0 aromatic heterocycles. The van der Waals surface area contributed by atoms with Gasteiger partial charge in [-0.05, 0) is 6.92 Å². The first-order valence-electron chi connectivity index (χ1n) is 3.96. The van der Waals surface area contributed by atoms with Gasteiger partial charge in [0.05, 0.1) is 0 Å². The van der Waals surface area contributed by atoms with Crippen molar-refractivity contribution < 1.29 is 9.53 Å².